The highest BCUT2D eigenvalue weighted by Crippen LogP contribution is 2.32. The molecule has 1 atom stereocenters. The first-order valence-corrected chi connectivity index (χ1v) is 10.6. The van der Waals surface area contributed by atoms with E-state index in [9.17, 15) is 9.59 Å². The number of amides is 2. The molecular formula is C23H21N3O4S. The van der Waals surface area contributed by atoms with Gasteiger partial charge in [-0.05, 0) is 44.2 Å². The molecule has 3 aromatic rings. The average Bonchev–Trinajstić information content (AvgIpc) is 3.17. The van der Waals surface area contributed by atoms with E-state index in [1.165, 1.54) is 6.08 Å². The first-order chi connectivity index (χ1) is 15.0. The second-order valence-corrected chi connectivity index (χ2v) is 8.03. The van der Waals surface area contributed by atoms with Gasteiger partial charge in [-0.25, -0.2) is 4.98 Å². The molecule has 0 saturated heterocycles. The molecule has 8 heteroatoms. The van der Waals surface area contributed by atoms with Gasteiger partial charge in [-0.1, -0.05) is 18.2 Å². The number of hydrogen-bond acceptors (Lipinski definition) is 6. The number of rotatable bonds is 6. The number of aromatic nitrogens is 1. The lowest BCUT2D eigenvalue weighted by atomic mass is 10.2. The molecule has 2 N–H and O–H groups in total. The van der Waals surface area contributed by atoms with E-state index in [2.05, 4.69) is 15.6 Å². The maximum atomic E-state index is 12.4. The molecule has 0 aliphatic carbocycles. The van der Waals surface area contributed by atoms with Crippen LogP contribution in [-0.2, 0) is 16.2 Å². The summed E-state index contributed by atoms with van der Waals surface area (Å²) in [7, 11) is 0. The highest BCUT2D eigenvalue weighted by atomic mass is 32.1. The van der Waals surface area contributed by atoms with Crippen molar-refractivity contribution in [3.8, 4) is 11.5 Å². The molecule has 1 aromatic heterocycles. The molecule has 1 aliphatic heterocycles. The Labute approximate surface area is 183 Å². The van der Waals surface area contributed by atoms with E-state index in [-0.39, 0.29) is 11.8 Å². The van der Waals surface area contributed by atoms with Crippen molar-refractivity contribution in [2.24, 2.45) is 0 Å². The third-order valence-electron chi connectivity index (χ3n) is 4.55. The molecule has 1 aliphatic rings. The Kier molecular flexibility index (Phi) is 5.99. The molecule has 158 valence electrons. The fourth-order valence-electron chi connectivity index (χ4n) is 3.01. The van der Waals surface area contributed by atoms with Crippen LogP contribution in [0.4, 0.5) is 11.4 Å². The van der Waals surface area contributed by atoms with Crippen LogP contribution in [0.5, 0.6) is 11.5 Å². The number of benzene rings is 2. The van der Waals surface area contributed by atoms with E-state index in [1.807, 2.05) is 36.6 Å². The topological polar surface area (TPSA) is 89.5 Å². The summed E-state index contributed by atoms with van der Waals surface area (Å²) in [5.41, 5.74) is 2.73. The van der Waals surface area contributed by atoms with Gasteiger partial charge in [0.2, 0.25) is 5.91 Å². The van der Waals surface area contributed by atoms with Crippen LogP contribution in [0.15, 0.2) is 53.9 Å². The van der Waals surface area contributed by atoms with E-state index < -0.39 is 6.10 Å². The lowest BCUT2D eigenvalue weighted by Gasteiger charge is -2.23. The highest BCUT2D eigenvalue weighted by molar-refractivity contribution is 7.09. The number of carbonyl (C=O) groups excluding carboxylic acids is 2. The van der Waals surface area contributed by atoms with Crippen LogP contribution in [0.25, 0.3) is 6.08 Å². The lowest BCUT2D eigenvalue weighted by molar-refractivity contribution is -0.122. The molecule has 0 radical (unpaired) electrons. The van der Waals surface area contributed by atoms with E-state index in [0.717, 1.165) is 16.3 Å². The zero-order valence-corrected chi connectivity index (χ0v) is 17.9. The molecule has 0 fully saturated rings. The van der Waals surface area contributed by atoms with E-state index >= 15 is 0 Å². The zero-order valence-electron chi connectivity index (χ0n) is 17.0. The van der Waals surface area contributed by atoms with Gasteiger partial charge in [-0.15, -0.1) is 11.3 Å². The third kappa shape index (κ3) is 5.10. The summed E-state index contributed by atoms with van der Waals surface area (Å²) in [5, 5.41) is 8.51. The van der Waals surface area contributed by atoms with Crippen LogP contribution in [0.2, 0.25) is 0 Å². The first-order valence-electron chi connectivity index (χ1n) is 9.71. The van der Waals surface area contributed by atoms with Crippen molar-refractivity contribution in [2.75, 3.05) is 10.6 Å². The summed E-state index contributed by atoms with van der Waals surface area (Å²) < 4.78 is 11.4. The fraction of sp³-hybridized carbons (Fsp3) is 0.174. The number of ether oxygens (including phenoxy) is 2. The van der Waals surface area contributed by atoms with Gasteiger partial charge in [-0.3, -0.25) is 9.59 Å². The second-order valence-electron chi connectivity index (χ2n) is 6.97. The van der Waals surface area contributed by atoms with Crippen LogP contribution in [0.1, 0.15) is 23.2 Å². The molecule has 0 saturated carbocycles. The van der Waals surface area contributed by atoms with E-state index in [4.69, 9.17) is 9.47 Å². The average molecular weight is 436 g/mol. The summed E-state index contributed by atoms with van der Waals surface area (Å²) in [5.74, 6) is 0.712. The van der Waals surface area contributed by atoms with Crippen molar-refractivity contribution >= 4 is 40.6 Å². The minimum atomic E-state index is -0.544. The Balaban J connectivity index is 1.40. The molecule has 2 heterocycles. The van der Waals surface area contributed by atoms with Gasteiger partial charge in [0.05, 0.1) is 16.4 Å². The Morgan fingerprint density at radius 2 is 2.16 bits per heavy atom. The largest absolute Gasteiger partial charge is 0.487 e. The summed E-state index contributed by atoms with van der Waals surface area (Å²) in [6.07, 6.45) is 2.59. The van der Waals surface area contributed by atoms with Crippen LogP contribution >= 0.6 is 11.3 Å². The monoisotopic (exact) mass is 435 g/mol. The van der Waals surface area contributed by atoms with E-state index in [1.54, 1.807) is 42.5 Å². The minimum Gasteiger partial charge on any atom is -0.487 e. The molecule has 2 amide bonds. The zero-order chi connectivity index (χ0) is 21.8. The van der Waals surface area contributed by atoms with Crippen molar-refractivity contribution in [3.05, 3.63) is 70.2 Å². The molecule has 0 bridgehead atoms. The van der Waals surface area contributed by atoms with Crippen LogP contribution in [0.3, 0.4) is 0 Å². The predicted molar refractivity (Wildman–Crippen MR) is 120 cm³/mol. The minimum absolute atomic E-state index is 0.222. The number of fused-ring (bicyclic) bond motifs is 1. The molecule has 7 nitrogen and oxygen atoms in total. The Morgan fingerprint density at radius 3 is 2.97 bits per heavy atom. The maximum Gasteiger partial charge on any atom is 0.265 e. The second kappa shape index (κ2) is 9.01. The fourth-order valence-corrected chi connectivity index (χ4v) is 3.61. The molecule has 2 aromatic carbocycles. The quantitative estimate of drug-likeness (QED) is 0.560. The van der Waals surface area contributed by atoms with Gasteiger partial charge in [0, 0.05) is 22.7 Å². The molecule has 31 heavy (non-hydrogen) atoms. The summed E-state index contributed by atoms with van der Waals surface area (Å²) >= 11 is 1.58. The van der Waals surface area contributed by atoms with Crippen molar-refractivity contribution in [1.29, 1.82) is 0 Å². The smallest absolute Gasteiger partial charge is 0.265 e. The Bertz CT molecular complexity index is 1160. The summed E-state index contributed by atoms with van der Waals surface area (Å²) in [6, 6.07) is 12.6. The van der Waals surface area contributed by atoms with Gasteiger partial charge < -0.3 is 20.1 Å². The number of nitrogens with zero attached hydrogens (tertiary/aromatic N) is 1. The van der Waals surface area contributed by atoms with Crippen molar-refractivity contribution < 1.29 is 19.1 Å². The highest BCUT2D eigenvalue weighted by Gasteiger charge is 2.23. The lowest BCUT2D eigenvalue weighted by Crippen LogP contribution is -2.34. The molecule has 4 rings (SSSR count). The molecule has 0 spiro atoms. The third-order valence-corrected chi connectivity index (χ3v) is 5.38. The summed E-state index contributed by atoms with van der Waals surface area (Å²) in [4.78, 5) is 28.6. The van der Waals surface area contributed by atoms with Crippen molar-refractivity contribution in [3.63, 3.8) is 0 Å². The Hall–Kier alpha value is -3.65. The number of anilines is 2. The van der Waals surface area contributed by atoms with Crippen LogP contribution in [-0.4, -0.2) is 22.9 Å². The SMILES string of the molecule is Cc1nc(COc2ccccc2/C=C/C(=O)Nc2ccc3c(c2)NC(=O)C(C)O3)cs1. The number of para-hydroxylation sites is 1. The number of hydrogen-bond donors (Lipinski definition) is 2. The van der Waals surface area contributed by atoms with Gasteiger partial charge in [0.1, 0.15) is 18.1 Å². The van der Waals surface area contributed by atoms with Gasteiger partial charge in [0.15, 0.2) is 6.10 Å². The van der Waals surface area contributed by atoms with Crippen LogP contribution in [0, 0.1) is 6.92 Å². The number of thiazole rings is 1. The predicted octanol–water partition coefficient (Wildman–Crippen LogP) is 4.40. The van der Waals surface area contributed by atoms with E-state index in [0.29, 0.717) is 29.5 Å². The maximum absolute atomic E-state index is 12.4. The first kappa shape index (κ1) is 20.6. The number of nitrogens with one attached hydrogen (secondary N) is 2. The van der Waals surface area contributed by atoms with Gasteiger partial charge in [0.25, 0.3) is 5.91 Å². The van der Waals surface area contributed by atoms with Crippen LogP contribution < -0.4 is 20.1 Å². The number of carbonyl (C=O) groups is 2. The van der Waals surface area contributed by atoms with Gasteiger partial charge in [-0.2, -0.15) is 0 Å². The normalized spacial score (nSPS) is 15.2. The number of aryl methyl sites for hydroxylation is 1. The van der Waals surface area contributed by atoms with Crippen molar-refractivity contribution in [2.45, 2.75) is 26.6 Å². The summed E-state index contributed by atoms with van der Waals surface area (Å²) in [6.45, 7) is 3.99. The van der Waals surface area contributed by atoms with Gasteiger partial charge >= 0.3 is 0 Å². The Morgan fingerprint density at radius 1 is 1.32 bits per heavy atom. The van der Waals surface area contributed by atoms with Crippen molar-refractivity contribution in [1.82, 2.24) is 4.98 Å². The molecular weight excluding hydrogens is 414 g/mol. The standard InChI is InChI=1S/C23H21N3O4S/c1-14-23(28)26-19-11-17(8-9-21(19)30-14)25-22(27)10-7-16-5-3-4-6-20(16)29-12-18-13-31-15(2)24-18/h3-11,13-14H,12H2,1-2H3,(H,25,27)(H,26,28)/b10-7+. The molecule has 1 unspecified atom stereocenters.